The third kappa shape index (κ3) is 2.61. The van der Waals surface area contributed by atoms with Gasteiger partial charge >= 0.3 is 0 Å². The summed E-state index contributed by atoms with van der Waals surface area (Å²) >= 11 is 0. The van der Waals surface area contributed by atoms with E-state index in [1.54, 1.807) is 0 Å². The molecule has 0 unspecified atom stereocenters. The highest BCUT2D eigenvalue weighted by molar-refractivity contribution is 5.14. The molecule has 0 amide bonds. The highest BCUT2D eigenvalue weighted by atomic mass is 16.6. The maximum atomic E-state index is 6.27. The summed E-state index contributed by atoms with van der Waals surface area (Å²) in [5.74, 6) is 0. The monoisotopic (exact) mass is 289 g/mol. The highest BCUT2D eigenvalue weighted by Gasteiger charge is 2.52. The molecule has 3 saturated heterocycles. The van der Waals surface area contributed by atoms with Crippen LogP contribution in [0.4, 0.5) is 0 Å². The Morgan fingerprint density at radius 3 is 2.76 bits per heavy atom. The fraction of sp³-hybridized carbons (Fsp3) is 0.647. The second-order valence-corrected chi connectivity index (χ2v) is 6.42. The lowest BCUT2D eigenvalue weighted by Crippen LogP contribution is -2.49. The van der Waals surface area contributed by atoms with E-state index < -0.39 is 0 Å². The molecule has 21 heavy (non-hydrogen) atoms. The molecule has 0 aromatic heterocycles. The summed E-state index contributed by atoms with van der Waals surface area (Å²) in [6, 6.07) is 11.0. The molecule has 0 aliphatic carbocycles. The Bertz CT molecular complexity index is 468. The number of nitrogens with zero attached hydrogens (tertiary/aromatic N) is 1. The summed E-state index contributed by atoms with van der Waals surface area (Å²) in [4.78, 5) is 2.50. The van der Waals surface area contributed by atoms with Gasteiger partial charge in [-0.25, -0.2) is 0 Å². The molecule has 4 rings (SSSR count). The molecular weight excluding hydrogens is 266 g/mol. The molecule has 0 N–H and O–H groups in total. The Balaban J connectivity index is 1.43. The molecule has 0 saturated carbocycles. The second kappa shape index (κ2) is 5.69. The number of benzene rings is 1. The van der Waals surface area contributed by atoms with Crippen molar-refractivity contribution in [2.75, 3.05) is 32.9 Å². The lowest BCUT2D eigenvalue weighted by atomic mass is 9.96. The number of rotatable bonds is 4. The van der Waals surface area contributed by atoms with Crippen molar-refractivity contribution in [2.24, 2.45) is 0 Å². The zero-order valence-electron chi connectivity index (χ0n) is 12.4. The van der Waals surface area contributed by atoms with E-state index in [1.165, 1.54) is 5.56 Å². The van der Waals surface area contributed by atoms with E-state index >= 15 is 0 Å². The van der Waals surface area contributed by atoms with E-state index in [0.29, 0.717) is 12.6 Å². The van der Waals surface area contributed by atoms with Crippen molar-refractivity contribution in [1.82, 2.24) is 4.90 Å². The second-order valence-electron chi connectivity index (χ2n) is 6.42. The first-order valence-corrected chi connectivity index (χ1v) is 7.97. The lowest BCUT2D eigenvalue weighted by molar-refractivity contribution is -0.0969. The topological polar surface area (TPSA) is 30.9 Å². The van der Waals surface area contributed by atoms with Crippen LogP contribution in [-0.4, -0.2) is 55.6 Å². The molecular formula is C17H23NO3. The van der Waals surface area contributed by atoms with E-state index in [1.807, 2.05) is 6.07 Å². The molecule has 4 nitrogen and oxygen atoms in total. The predicted molar refractivity (Wildman–Crippen MR) is 79.1 cm³/mol. The van der Waals surface area contributed by atoms with Crippen molar-refractivity contribution in [3.8, 4) is 0 Å². The molecule has 0 radical (unpaired) electrons. The van der Waals surface area contributed by atoms with E-state index in [-0.39, 0.29) is 11.7 Å². The number of ether oxygens (including phenoxy) is 3. The molecule has 2 atom stereocenters. The number of hydrogen-bond donors (Lipinski definition) is 0. The Kier molecular flexibility index (Phi) is 3.71. The fourth-order valence-electron chi connectivity index (χ4n) is 3.68. The van der Waals surface area contributed by atoms with Crippen molar-refractivity contribution in [3.05, 3.63) is 35.9 Å². The first kappa shape index (κ1) is 13.7. The smallest absolute Gasteiger partial charge is 0.108 e. The van der Waals surface area contributed by atoms with Crippen LogP contribution in [0.2, 0.25) is 0 Å². The zero-order valence-corrected chi connectivity index (χ0v) is 12.4. The van der Waals surface area contributed by atoms with E-state index in [0.717, 1.165) is 45.8 Å². The lowest BCUT2D eigenvalue weighted by Gasteiger charge is -2.35. The Hall–Kier alpha value is -0.940. The van der Waals surface area contributed by atoms with Crippen molar-refractivity contribution in [2.45, 2.75) is 37.2 Å². The molecule has 3 aliphatic rings. The van der Waals surface area contributed by atoms with Gasteiger partial charge in [0.2, 0.25) is 0 Å². The van der Waals surface area contributed by atoms with Crippen LogP contribution in [0.25, 0.3) is 0 Å². The third-order valence-electron chi connectivity index (χ3n) is 5.02. The molecule has 114 valence electrons. The fourth-order valence-corrected chi connectivity index (χ4v) is 3.68. The van der Waals surface area contributed by atoms with Gasteiger partial charge in [0, 0.05) is 19.7 Å². The largest absolute Gasteiger partial charge is 0.378 e. The van der Waals surface area contributed by atoms with Crippen molar-refractivity contribution in [1.29, 1.82) is 0 Å². The molecule has 1 spiro atoms. The van der Waals surface area contributed by atoms with Crippen LogP contribution >= 0.6 is 0 Å². The maximum Gasteiger partial charge on any atom is 0.108 e. The first-order valence-electron chi connectivity index (χ1n) is 7.97. The molecule has 1 aromatic carbocycles. The van der Waals surface area contributed by atoms with Crippen molar-refractivity contribution in [3.63, 3.8) is 0 Å². The van der Waals surface area contributed by atoms with Gasteiger partial charge in [0.1, 0.15) is 11.7 Å². The van der Waals surface area contributed by atoms with E-state index in [4.69, 9.17) is 14.2 Å². The molecule has 4 heteroatoms. The normalized spacial score (nSPS) is 33.6. The van der Waals surface area contributed by atoms with Gasteiger partial charge in [-0.3, -0.25) is 4.90 Å². The summed E-state index contributed by atoms with van der Waals surface area (Å²) in [6.07, 6.45) is 2.46. The maximum absolute atomic E-state index is 6.27. The van der Waals surface area contributed by atoms with Gasteiger partial charge in [0.05, 0.1) is 25.9 Å². The molecule has 3 fully saturated rings. The third-order valence-corrected chi connectivity index (χ3v) is 5.02. The predicted octanol–water partition coefficient (Wildman–Crippen LogP) is 1.84. The van der Waals surface area contributed by atoms with Crippen LogP contribution in [0.15, 0.2) is 30.3 Å². The SMILES string of the molecule is c1ccc(CO[C@@H]2CN(C3COC3)C[C@]23CCCO3)cc1. The van der Waals surface area contributed by atoms with Gasteiger partial charge in [-0.15, -0.1) is 0 Å². The Morgan fingerprint density at radius 1 is 1.24 bits per heavy atom. The van der Waals surface area contributed by atoms with Gasteiger partial charge in [0.15, 0.2) is 0 Å². The first-order chi connectivity index (χ1) is 10.4. The van der Waals surface area contributed by atoms with Crippen LogP contribution in [-0.2, 0) is 20.8 Å². The molecule has 3 heterocycles. The van der Waals surface area contributed by atoms with Crippen molar-refractivity contribution < 1.29 is 14.2 Å². The molecule has 1 aromatic rings. The van der Waals surface area contributed by atoms with Crippen LogP contribution < -0.4 is 0 Å². The van der Waals surface area contributed by atoms with Crippen LogP contribution in [0.1, 0.15) is 18.4 Å². The number of likely N-dealkylation sites (tertiary alicyclic amines) is 1. The van der Waals surface area contributed by atoms with Gasteiger partial charge in [-0.2, -0.15) is 0 Å². The average molecular weight is 289 g/mol. The standard InChI is InChI=1S/C17H23NO3/c1-2-5-14(6-3-1)10-20-16-9-18(15-11-19-12-15)13-17(16)7-4-8-21-17/h1-3,5-6,15-16H,4,7-13H2/t16-,17-/m1/s1. The summed E-state index contributed by atoms with van der Waals surface area (Å²) in [5, 5.41) is 0. The minimum Gasteiger partial charge on any atom is -0.378 e. The summed E-state index contributed by atoms with van der Waals surface area (Å²) in [6.45, 7) is 5.25. The number of hydrogen-bond acceptors (Lipinski definition) is 4. The molecule has 3 aliphatic heterocycles. The van der Waals surface area contributed by atoms with Crippen LogP contribution in [0.5, 0.6) is 0 Å². The Labute approximate surface area is 126 Å². The van der Waals surface area contributed by atoms with Gasteiger partial charge in [0.25, 0.3) is 0 Å². The summed E-state index contributed by atoms with van der Waals surface area (Å²) in [5.41, 5.74) is 1.15. The van der Waals surface area contributed by atoms with E-state index in [2.05, 4.69) is 29.2 Å². The van der Waals surface area contributed by atoms with Gasteiger partial charge < -0.3 is 14.2 Å². The van der Waals surface area contributed by atoms with Gasteiger partial charge in [-0.05, 0) is 18.4 Å². The minimum absolute atomic E-state index is 0.0790. The minimum atomic E-state index is -0.0790. The van der Waals surface area contributed by atoms with Crippen LogP contribution in [0.3, 0.4) is 0 Å². The summed E-state index contributed by atoms with van der Waals surface area (Å²) in [7, 11) is 0. The summed E-state index contributed by atoms with van der Waals surface area (Å²) < 4.78 is 17.8. The quantitative estimate of drug-likeness (QED) is 0.846. The van der Waals surface area contributed by atoms with Gasteiger partial charge in [-0.1, -0.05) is 30.3 Å². The zero-order chi connectivity index (χ0) is 14.1. The average Bonchev–Trinajstić information content (AvgIpc) is 3.05. The highest BCUT2D eigenvalue weighted by Crippen LogP contribution is 2.38. The molecule has 0 bridgehead atoms. The Morgan fingerprint density at radius 2 is 2.10 bits per heavy atom. The van der Waals surface area contributed by atoms with E-state index in [9.17, 15) is 0 Å². The van der Waals surface area contributed by atoms with Crippen LogP contribution in [0, 0.1) is 0 Å². The van der Waals surface area contributed by atoms with Crippen molar-refractivity contribution >= 4 is 0 Å².